The fraction of sp³-hybridized carbons (Fsp3) is 0.538. The molecule has 1 aliphatic rings. The lowest BCUT2D eigenvalue weighted by atomic mass is 9.96. The van der Waals surface area contributed by atoms with E-state index in [0.717, 1.165) is 38.0 Å². The lowest BCUT2D eigenvalue weighted by Crippen LogP contribution is -2.33. The van der Waals surface area contributed by atoms with Crippen molar-refractivity contribution in [1.29, 1.82) is 0 Å². The number of amides is 1. The molecule has 1 fully saturated rings. The molecule has 9 heteroatoms. The summed E-state index contributed by atoms with van der Waals surface area (Å²) in [5.74, 6) is 0.373. The lowest BCUT2D eigenvalue weighted by Gasteiger charge is -2.28. The first kappa shape index (κ1) is 26.2. The number of allylic oxidation sites excluding steroid dienone is 1. The van der Waals surface area contributed by atoms with Gasteiger partial charge >= 0.3 is 12.1 Å². The minimum absolute atomic E-state index is 0.148. The average Bonchev–Trinajstić information content (AvgIpc) is 3.43. The Hall–Kier alpha value is -3.36. The van der Waals surface area contributed by atoms with Gasteiger partial charge in [-0.3, -0.25) is 0 Å². The van der Waals surface area contributed by atoms with Gasteiger partial charge in [0.2, 0.25) is 0 Å². The molecule has 1 amide bonds. The largest absolute Gasteiger partial charge is 0.462 e. The van der Waals surface area contributed by atoms with Gasteiger partial charge in [-0.05, 0) is 71.9 Å². The number of esters is 1. The van der Waals surface area contributed by atoms with Gasteiger partial charge in [-0.1, -0.05) is 18.2 Å². The van der Waals surface area contributed by atoms with Crippen molar-refractivity contribution in [3.8, 4) is 0 Å². The molecular weight excluding hydrogens is 446 g/mol. The van der Waals surface area contributed by atoms with E-state index >= 15 is 0 Å². The maximum Gasteiger partial charge on any atom is 0.407 e. The number of hydrogen-bond acceptors (Lipinski definition) is 7. The van der Waals surface area contributed by atoms with Crippen molar-refractivity contribution in [1.82, 2.24) is 19.9 Å². The summed E-state index contributed by atoms with van der Waals surface area (Å²) in [4.78, 5) is 31.2. The zero-order valence-electron chi connectivity index (χ0n) is 21.5. The van der Waals surface area contributed by atoms with E-state index in [1.165, 1.54) is 17.3 Å². The zero-order valence-corrected chi connectivity index (χ0v) is 21.5. The van der Waals surface area contributed by atoms with Crippen LogP contribution in [-0.4, -0.2) is 58.0 Å². The number of anilines is 1. The molecule has 190 valence electrons. The molecule has 1 saturated heterocycles. The monoisotopic (exact) mass is 483 g/mol. The molecule has 0 radical (unpaired) electrons. The maximum absolute atomic E-state index is 12.3. The van der Waals surface area contributed by atoms with Gasteiger partial charge in [-0.25, -0.2) is 19.1 Å². The van der Waals surface area contributed by atoms with Crippen molar-refractivity contribution >= 4 is 23.5 Å². The molecule has 3 heterocycles. The Bertz CT molecular complexity index is 1100. The van der Waals surface area contributed by atoms with E-state index in [1.54, 1.807) is 11.4 Å². The zero-order chi connectivity index (χ0) is 25.6. The molecule has 3 rings (SSSR count). The molecule has 9 nitrogen and oxygen atoms in total. The number of hydrogen-bond donors (Lipinski definition) is 1. The summed E-state index contributed by atoms with van der Waals surface area (Å²) in [6, 6.07) is 2.07. The Kier molecular flexibility index (Phi) is 8.53. The van der Waals surface area contributed by atoms with Crippen LogP contribution in [0.3, 0.4) is 0 Å². The Balaban J connectivity index is 1.72. The van der Waals surface area contributed by atoms with Gasteiger partial charge in [0.1, 0.15) is 17.0 Å². The molecule has 0 spiro atoms. The molecule has 0 aliphatic carbocycles. The van der Waals surface area contributed by atoms with E-state index in [4.69, 9.17) is 14.5 Å². The van der Waals surface area contributed by atoms with E-state index in [2.05, 4.69) is 28.8 Å². The minimum atomic E-state index is -0.507. The van der Waals surface area contributed by atoms with Crippen LogP contribution in [0.25, 0.3) is 5.65 Å². The molecule has 2 aromatic heterocycles. The van der Waals surface area contributed by atoms with Gasteiger partial charge in [0.05, 0.1) is 18.8 Å². The van der Waals surface area contributed by atoms with Crippen molar-refractivity contribution in [3.05, 3.63) is 47.8 Å². The second-order valence-corrected chi connectivity index (χ2v) is 9.66. The van der Waals surface area contributed by atoms with Crippen LogP contribution in [0.1, 0.15) is 70.7 Å². The fourth-order valence-electron chi connectivity index (χ4n) is 4.33. The lowest BCUT2D eigenvalue weighted by molar-refractivity contribution is 0.0517. The molecule has 0 aromatic carbocycles. The molecular formula is C26H37N5O4. The summed E-state index contributed by atoms with van der Waals surface area (Å²) in [7, 11) is 0. The number of nitrogens with zero attached hydrogens (tertiary/aromatic N) is 4. The van der Waals surface area contributed by atoms with Crippen LogP contribution in [0.5, 0.6) is 0 Å². The quantitative estimate of drug-likeness (QED) is 0.314. The Morgan fingerprint density at radius 1 is 1.34 bits per heavy atom. The number of aromatic nitrogens is 3. The topological polar surface area (TPSA) is 98.1 Å². The summed E-state index contributed by atoms with van der Waals surface area (Å²) < 4.78 is 12.0. The second kappa shape index (κ2) is 11.4. The highest BCUT2D eigenvalue weighted by molar-refractivity contribution is 5.95. The Morgan fingerprint density at radius 3 is 2.80 bits per heavy atom. The van der Waals surface area contributed by atoms with Gasteiger partial charge in [-0.15, -0.1) is 0 Å². The Labute approximate surface area is 207 Å². The summed E-state index contributed by atoms with van der Waals surface area (Å²) >= 11 is 0. The van der Waals surface area contributed by atoms with Crippen molar-refractivity contribution in [3.63, 3.8) is 0 Å². The highest BCUT2D eigenvalue weighted by atomic mass is 16.6. The van der Waals surface area contributed by atoms with Crippen LogP contribution in [-0.2, 0) is 9.47 Å². The van der Waals surface area contributed by atoms with Crippen LogP contribution < -0.4 is 10.2 Å². The molecule has 1 aliphatic heterocycles. The summed E-state index contributed by atoms with van der Waals surface area (Å²) in [6.07, 6.45) is 8.52. The third-order valence-electron chi connectivity index (χ3n) is 5.87. The van der Waals surface area contributed by atoms with Crippen LogP contribution in [0.15, 0.2) is 42.3 Å². The molecule has 35 heavy (non-hydrogen) atoms. The van der Waals surface area contributed by atoms with E-state index in [-0.39, 0.29) is 6.04 Å². The summed E-state index contributed by atoms with van der Waals surface area (Å²) in [5.41, 5.74) is 2.76. The van der Waals surface area contributed by atoms with E-state index in [1.807, 2.05) is 39.1 Å². The number of rotatable bonds is 9. The standard InChI is InChI=1S/C26H37N5O4/c1-7-19(18(3)11-9-14-27-25(33)35-26(4,5)6)21-12-10-15-30(21)22-13-16-31-23(29-22)20(17-28-31)24(32)34-8-2/h7,13,16-17,21H,1,8-12,14-15H2,2-6H3,(H,27,33)/b19-18-. The number of nitrogens with one attached hydrogen (secondary N) is 1. The fourth-order valence-corrected chi connectivity index (χ4v) is 4.33. The van der Waals surface area contributed by atoms with E-state index in [9.17, 15) is 9.59 Å². The minimum Gasteiger partial charge on any atom is -0.462 e. The van der Waals surface area contributed by atoms with Crippen molar-refractivity contribution in [2.24, 2.45) is 0 Å². The predicted molar refractivity (Wildman–Crippen MR) is 136 cm³/mol. The van der Waals surface area contributed by atoms with Gasteiger partial charge in [0, 0.05) is 19.3 Å². The smallest absolute Gasteiger partial charge is 0.407 e. The summed E-state index contributed by atoms with van der Waals surface area (Å²) in [6.45, 7) is 15.2. The Morgan fingerprint density at radius 2 is 2.11 bits per heavy atom. The first-order valence-corrected chi connectivity index (χ1v) is 12.2. The molecule has 1 unspecified atom stereocenters. The van der Waals surface area contributed by atoms with Crippen molar-refractivity contribution in [2.75, 3.05) is 24.6 Å². The molecule has 1 N–H and O–H groups in total. The predicted octanol–water partition coefficient (Wildman–Crippen LogP) is 4.68. The normalized spacial score (nSPS) is 16.7. The van der Waals surface area contributed by atoms with Gasteiger partial charge in [-0.2, -0.15) is 5.10 Å². The number of alkyl carbamates (subject to hydrolysis) is 1. The third kappa shape index (κ3) is 6.61. The number of fused-ring (bicyclic) bond motifs is 1. The van der Waals surface area contributed by atoms with Crippen LogP contribution in [0, 0.1) is 0 Å². The van der Waals surface area contributed by atoms with Crippen LogP contribution in [0.2, 0.25) is 0 Å². The molecule has 0 saturated carbocycles. The number of carbonyl (C=O) groups is 2. The van der Waals surface area contributed by atoms with Gasteiger partial charge < -0.3 is 19.7 Å². The van der Waals surface area contributed by atoms with Gasteiger partial charge in [0.25, 0.3) is 0 Å². The van der Waals surface area contributed by atoms with Crippen LogP contribution >= 0.6 is 0 Å². The van der Waals surface area contributed by atoms with Crippen molar-refractivity contribution in [2.45, 2.75) is 71.9 Å². The van der Waals surface area contributed by atoms with Gasteiger partial charge in [0.15, 0.2) is 5.65 Å². The molecule has 2 aromatic rings. The van der Waals surface area contributed by atoms with E-state index in [0.29, 0.717) is 24.4 Å². The first-order chi connectivity index (χ1) is 16.6. The maximum atomic E-state index is 12.3. The summed E-state index contributed by atoms with van der Waals surface area (Å²) in [5, 5.41) is 7.05. The molecule has 1 atom stereocenters. The number of carbonyl (C=O) groups excluding carboxylic acids is 2. The van der Waals surface area contributed by atoms with E-state index < -0.39 is 17.7 Å². The first-order valence-electron chi connectivity index (χ1n) is 12.2. The number of ether oxygens (including phenoxy) is 2. The third-order valence-corrected chi connectivity index (χ3v) is 5.87. The second-order valence-electron chi connectivity index (χ2n) is 9.66. The van der Waals surface area contributed by atoms with Crippen LogP contribution in [0.4, 0.5) is 10.6 Å². The SMILES string of the molecule is C=C/C(=C(\C)CCCNC(=O)OC(C)(C)C)C1CCCN1c1ccn2ncc(C(=O)OCC)c2n1. The molecule has 0 bridgehead atoms. The highest BCUT2D eigenvalue weighted by Crippen LogP contribution is 2.32. The average molecular weight is 484 g/mol. The van der Waals surface area contributed by atoms with Crippen molar-refractivity contribution < 1.29 is 19.1 Å². The highest BCUT2D eigenvalue weighted by Gasteiger charge is 2.29.